The van der Waals surface area contributed by atoms with Gasteiger partial charge in [-0.05, 0) is 30.7 Å². The molecule has 2 aromatic carbocycles. The van der Waals surface area contributed by atoms with Crippen molar-refractivity contribution in [3.8, 4) is 5.75 Å². The van der Waals surface area contributed by atoms with Gasteiger partial charge in [0.25, 0.3) is 0 Å². The van der Waals surface area contributed by atoms with Gasteiger partial charge in [0.1, 0.15) is 5.75 Å². The third-order valence-corrected chi connectivity index (χ3v) is 3.46. The third-order valence-electron chi connectivity index (χ3n) is 2.64. The first-order valence-corrected chi connectivity index (χ1v) is 7.36. The molecule has 0 fully saturated rings. The molecule has 0 aliphatic carbocycles. The number of hydrogen-bond acceptors (Lipinski definition) is 2. The lowest BCUT2D eigenvalue weighted by Gasteiger charge is -2.11. The van der Waals surface area contributed by atoms with Crippen LogP contribution < -0.4 is 10.1 Å². The molecule has 0 bridgehead atoms. The molecule has 0 aromatic heterocycles. The minimum absolute atomic E-state index is 0.520. The zero-order valence-electron chi connectivity index (χ0n) is 10.7. The van der Waals surface area contributed by atoms with Crippen molar-refractivity contribution in [2.75, 3.05) is 18.5 Å². The number of ether oxygens (including phenoxy) is 1. The molecule has 0 aliphatic heterocycles. The van der Waals surface area contributed by atoms with Crippen LogP contribution in [0.3, 0.4) is 0 Å². The number of para-hydroxylation sites is 1. The Kier molecular flexibility index (Phi) is 5.84. The smallest absolute Gasteiger partial charge is 0.119 e. The van der Waals surface area contributed by atoms with Crippen LogP contribution in [0.25, 0.3) is 0 Å². The number of hydrogen-bond donors (Lipinski definition) is 1. The average molecular weight is 331 g/mol. The van der Waals surface area contributed by atoms with Gasteiger partial charge in [0.2, 0.25) is 0 Å². The van der Waals surface area contributed by atoms with Crippen molar-refractivity contribution in [1.82, 2.24) is 0 Å². The maximum atomic E-state index is 6.08. The minimum Gasteiger partial charge on any atom is -0.494 e. The molecule has 106 valence electrons. The standard InChI is InChI=1S/C15H14Cl3NO/c16-11-9-13(17)15(14(18)10-11)19-7-4-8-20-12-5-2-1-3-6-12/h1-3,5-6,9-10,19H,4,7-8H2. The fourth-order valence-electron chi connectivity index (χ4n) is 1.70. The van der Waals surface area contributed by atoms with E-state index in [-0.39, 0.29) is 0 Å². The highest BCUT2D eigenvalue weighted by atomic mass is 35.5. The van der Waals surface area contributed by atoms with Gasteiger partial charge in [-0.3, -0.25) is 0 Å². The van der Waals surface area contributed by atoms with Gasteiger partial charge >= 0.3 is 0 Å². The fraction of sp³-hybridized carbons (Fsp3) is 0.200. The summed E-state index contributed by atoms with van der Waals surface area (Å²) < 4.78 is 5.60. The van der Waals surface area contributed by atoms with Crippen LogP contribution in [0.2, 0.25) is 15.1 Å². The van der Waals surface area contributed by atoms with Crippen LogP contribution in [0.1, 0.15) is 6.42 Å². The highest BCUT2D eigenvalue weighted by molar-refractivity contribution is 6.41. The Morgan fingerprint density at radius 3 is 2.25 bits per heavy atom. The summed E-state index contributed by atoms with van der Waals surface area (Å²) in [5, 5.41) is 4.76. The van der Waals surface area contributed by atoms with Crippen molar-refractivity contribution in [1.29, 1.82) is 0 Å². The maximum Gasteiger partial charge on any atom is 0.119 e. The Labute approximate surface area is 133 Å². The van der Waals surface area contributed by atoms with Gasteiger partial charge in [0.05, 0.1) is 22.3 Å². The molecule has 0 radical (unpaired) electrons. The summed E-state index contributed by atoms with van der Waals surface area (Å²) in [6.45, 7) is 1.34. The second kappa shape index (κ2) is 7.63. The summed E-state index contributed by atoms with van der Waals surface area (Å²) in [5.41, 5.74) is 0.706. The molecule has 2 aromatic rings. The van der Waals surface area contributed by atoms with E-state index in [1.165, 1.54) is 0 Å². The highest BCUT2D eigenvalue weighted by Crippen LogP contribution is 2.33. The molecule has 2 nitrogen and oxygen atoms in total. The van der Waals surface area contributed by atoms with E-state index in [1.807, 2.05) is 30.3 Å². The summed E-state index contributed by atoms with van der Waals surface area (Å²) in [7, 11) is 0. The molecular formula is C15H14Cl3NO. The zero-order valence-corrected chi connectivity index (χ0v) is 13.0. The summed E-state index contributed by atoms with van der Waals surface area (Å²) >= 11 is 18.0. The largest absolute Gasteiger partial charge is 0.494 e. The second-order valence-electron chi connectivity index (χ2n) is 4.19. The van der Waals surface area contributed by atoms with Gasteiger partial charge < -0.3 is 10.1 Å². The molecule has 0 saturated heterocycles. The van der Waals surface area contributed by atoms with Crippen molar-refractivity contribution >= 4 is 40.5 Å². The molecule has 2 rings (SSSR count). The number of rotatable bonds is 6. The molecule has 0 amide bonds. The lowest BCUT2D eigenvalue weighted by molar-refractivity contribution is 0.315. The van der Waals surface area contributed by atoms with Crippen molar-refractivity contribution in [2.45, 2.75) is 6.42 Å². The van der Waals surface area contributed by atoms with Gasteiger partial charge in [0.15, 0.2) is 0 Å². The molecule has 0 heterocycles. The van der Waals surface area contributed by atoms with Gasteiger partial charge in [-0.1, -0.05) is 53.0 Å². The van der Waals surface area contributed by atoms with Crippen LogP contribution >= 0.6 is 34.8 Å². The highest BCUT2D eigenvalue weighted by Gasteiger charge is 2.06. The Morgan fingerprint density at radius 1 is 0.950 bits per heavy atom. The molecule has 0 spiro atoms. The Balaban J connectivity index is 1.76. The van der Waals surface area contributed by atoms with Gasteiger partial charge in [0, 0.05) is 11.6 Å². The van der Waals surface area contributed by atoms with E-state index < -0.39 is 0 Å². The van der Waals surface area contributed by atoms with E-state index in [1.54, 1.807) is 12.1 Å². The van der Waals surface area contributed by atoms with Gasteiger partial charge in [-0.25, -0.2) is 0 Å². The van der Waals surface area contributed by atoms with E-state index in [0.29, 0.717) is 33.9 Å². The zero-order chi connectivity index (χ0) is 14.4. The van der Waals surface area contributed by atoms with Crippen LogP contribution in [0.4, 0.5) is 5.69 Å². The lowest BCUT2D eigenvalue weighted by Crippen LogP contribution is -2.08. The fourth-order valence-corrected chi connectivity index (χ4v) is 2.65. The first-order valence-electron chi connectivity index (χ1n) is 6.23. The van der Waals surface area contributed by atoms with Crippen LogP contribution in [-0.4, -0.2) is 13.2 Å². The van der Waals surface area contributed by atoms with E-state index in [9.17, 15) is 0 Å². The molecule has 1 N–H and O–H groups in total. The van der Waals surface area contributed by atoms with Crippen molar-refractivity contribution < 1.29 is 4.74 Å². The predicted octanol–water partition coefficient (Wildman–Crippen LogP) is 5.53. The summed E-state index contributed by atoms with van der Waals surface area (Å²) in [4.78, 5) is 0. The molecule has 0 unspecified atom stereocenters. The lowest BCUT2D eigenvalue weighted by atomic mass is 10.3. The SMILES string of the molecule is Clc1cc(Cl)c(NCCCOc2ccccc2)c(Cl)c1. The van der Waals surface area contributed by atoms with Crippen molar-refractivity contribution in [3.05, 3.63) is 57.5 Å². The van der Waals surface area contributed by atoms with Crippen molar-refractivity contribution in [3.63, 3.8) is 0 Å². The Morgan fingerprint density at radius 2 is 1.60 bits per heavy atom. The van der Waals surface area contributed by atoms with Gasteiger partial charge in [-0.2, -0.15) is 0 Å². The predicted molar refractivity (Wildman–Crippen MR) is 86.5 cm³/mol. The summed E-state index contributed by atoms with van der Waals surface area (Å²) in [6, 6.07) is 13.0. The summed E-state index contributed by atoms with van der Waals surface area (Å²) in [5.74, 6) is 0.870. The number of anilines is 1. The van der Waals surface area contributed by atoms with Crippen LogP contribution in [0, 0.1) is 0 Å². The Bertz CT molecular complexity index is 537. The quantitative estimate of drug-likeness (QED) is 0.703. The molecule has 0 saturated carbocycles. The van der Waals surface area contributed by atoms with Gasteiger partial charge in [-0.15, -0.1) is 0 Å². The van der Waals surface area contributed by atoms with Crippen LogP contribution in [0.5, 0.6) is 5.75 Å². The van der Waals surface area contributed by atoms with E-state index >= 15 is 0 Å². The number of halogens is 3. The first kappa shape index (κ1) is 15.3. The van der Waals surface area contributed by atoms with E-state index in [4.69, 9.17) is 39.5 Å². The molecule has 0 atom stereocenters. The minimum atomic E-state index is 0.520. The Hall–Kier alpha value is -1.09. The molecule has 0 aliphatic rings. The molecular weight excluding hydrogens is 317 g/mol. The average Bonchev–Trinajstić information content (AvgIpc) is 2.42. The number of benzene rings is 2. The molecule has 5 heteroatoms. The number of nitrogens with one attached hydrogen (secondary N) is 1. The monoisotopic (exact) mass is 329 g/mol. The maximum absolute atomic E-state index is 6.08. The first-order chi connectivity index (χ1) is 9.66. The molecule has 20 heavy (non-hydrogen) atoms. The summed E-state index contributed by atoms with van der Waals surface area (Å²) in [6.07, 6.45) is 0.837. The van der Waals surface area contributed by atoms with Crippen LogP contribution in [0.15, 0.2) is 42.5 Å². The normalized spacial score (nSPS) is 10.3. The van der Waals surface area contributed by atoms with E-state index in [0.717, 1.165) is 12.2 Å². The topological polar surface area (TPSA) is 21.3 Å². The van der Waals surface area contributed by atoms with Crippen LogP contribution in [-0.2, 0) is 0 Å². The second-order valence-corrected chi connectivity index (χ2v) is 5.44. The third kappa shape index (κ3) is 4.48. The van der Waals surface area contributed by atoms with E-state index in [2.05, 4.69) is 5.32 Å². The van der Waals surface area contributed by atoms with Crippen molar-refractivity contribution in [2.24, 2.45) is 0 Å².